The second-order valence-electron chi connectivity index (χ2n) is 6.58. The van der Waals surface area contributed by atoms with E-state index in [1.165, 1.54) is 11.1 Å². The van der Waals surface area contributed by atoms with Gasteiger partial charge < -0.3 is 10.2 Å². The van der Waals surface area contributed by atoms with Crippen molar-refractivity contribution < 1.29 is 9.59 Å². The second kappa shape index (κ2) is 6.11. The lowest BCUT2D eigenvalue weighted by Gasteiger charge is -2.17. The molecule has 0 unspecified atom stereocenters. The summed E-state index contributed by atoms with van der Waals surface area (Å²) in [4.78, 5) is 26.3. The Morgan fingerprint density at radius 2 is 1.62 bits per heavy atom. The standard InChI is InChI=1S/C20H20N2O2/c23-19(21-17-11-14-5-1-2-6-15(14)12-17)9-10-22-13-16-7-3-4-8-18(16)20(22)24/h1-8,17H,9-13H2,(H,21,23). The molecular weight excluding hydrogens is 300 g/mol. The maximum atomic E-state index is 12.3. The summed E-state index contributed by atoms with van der Waals surface area (Å²) < 4.78 is 0. The number of nitrogens with zero attached hydrogens (tertiary/aromatic N) is 1. The van der Waals surface area contributed by atoms with E-state index in [2.05, 4.69) is 17.4 Å². The van der Waals surface area contributed by atoms with E-state index in [4.69, 9.17) is 0 Å². The molecule has 24 heavy (non-hydrogen) atoms. The Balaban J connectivity index is 1.29. The van der Waals surface area contributed by atoms with Crippen molar-refractivity contribution in [1.29, 1.82) is 0 Å². The number of benzene rings is 2. The summed E-state index contributed by atoms with van der Waals surface area (Å²) in [5.41, 5.74) is 4.47. The maximum absolute atomic E-state index is 12.3. The normalized spacial score (nSPS) is 16.2. The smallest absolute Gasteiger partial charge is 0.254 e. The van der Waals surface area contributed by atoms with Gasteiger partial charge in [0.25, 0.3) is 5.91 Å². The molecule has 4 rings (SSSR count). The van der Waals surface area contributed by atoms with E-state index in [0.717, 1.165) is 24.0 Å². The highest BCUT2D eigenvalue weighted by Gasteiger charge is 2.27. The molecule has 2 aliphatic rings. The predicted molar refractivity (Wildman–Crippen MR) is 91.6 cm³/mol. The molecule has 122 valence electrons. The van der Waals surface area contributed by atoms with Crippen LogP contribution in [0.2, 0.25) is 0 Å². The van der Waals surface area contributed by atoms with Crippen molar-refractivity contribution in [3.8, 4) is 0 Å². The third kappa shape index (κ3) is 2.80. The van der Waals surface area contributed by atoms with Crippen LogP contribution in [0, 0.1) is 0 Å². The van der Waals surface area contributed by atoms with Crippen molar-refractivity contribution in [3.05, 3.63) is 70.8 Å². The number of rotatable bonds is 4. The van der Waals surface area contributed by atoms with Gasteiger partial charge in [0.1, 0.15) is 0 Å². The van der Waals surface area contributed by atoms with Crippen LogP contribution >= 0.6 is 0 Å². The van der Waals surface area contributed by atoms with Gasteiger partial charge in [0.15, 0.2) is 0 Å². The highest BCUT2D eigenvalue weighted by Crippen LogP contribution is 2.23. The lowest BCUT2D eigenvalue weighted by atomic mass is 10.1. The molecule has 0 bridgehead atoms. The van der Waals surface area contributed by atoms with Crippen LogP contribution in [0.1, 0.15) is 33.5 Å². The zero-order chi connectivity index (χ0) is 16.5. The number of carbonyl (C=O) groups is 2. The SMILES string of the molecule is O=C(CCN1Cc2ccccc2C1=O)NC1Cc2ccccc2C1. The molecule has 2 aromatic carbocycles. The van der Waals surface area contributed by atoms with Gasteiger partial charge in [-0.05, 0) is 35.6 Å². The minimum atomic E-state index is 0.0246. The Bertz CT molecular complexity index is 775. The maximum Gasteiger partial charge on any atom is 0.254 e. The fourth-order valence-electron chi connectivity index (χ4n) is 3.69. The van der Waals surface area contributed by atoms with E-state index in [-0.39, 0.29) is 17.9 Å². The highest BCUT2D eigenvalue weighted by molar-refractivity contribution is 5.98. The predicted octanol–water partition coefficient (Wildman–Crippen LogP) is 2.32. The minimum Gasteiger partial charge on any atom is -0.353 e. The summed E-state index contributed by atoms with van der Waals surface area (Å²) in [5.74, 6) is 0.0585. The first-order valence-electron chi connectivity index (χ1n) is 8.44. The molecule has 0 radical (unpaired) electrons. The Labute approximate surface area is 141 Å². The molecule has 1 N–H and O–H groups in total. The molecule has 2 aromatic rings. The average Bonchev–Trinajstić information content (AvgIpc) is 3.14. The summed E-state index contributed by atoms with van der Waals surface area (Å²) >= 11 is 0. The second-order valence-corrected chi connectivity index (χ2v) is 6.58. The van der Waals surface area contributed by atoms with E-state index < -0.39 is 0 Å². The van der Waals surface area contributed by atoms with Gasteiger partial charge in [-0.2, -0.15) is 0 Å². The van der Waals surface area contributed by atoms with Crippen LogP contribution in [-0.2, 0) is 24.2 Å². The number of carbonyl (C=O) groups excluding carboxylic acids is 2. The first kappa shape index (κ1) is 14.9. The number of hydrogen-bond donors (Lipinski definition) is 1. The van der Waals surface area contributed by atoms with Crippen molar-refractivity contribution in [2.45, 2.75) is 31.8 Å². The summed E-state index contributed by atoms with van der Waals surface area (Å²) in [6.07, 6.45) is 2.15. The van der Waals surface area contributed by atoms with E-state index in [1.807, 2.05) is 36.4 Å². The summed E-state index contributed by atoms with van der Waals surface area (Å²) in [5, 5.41) is 3.11. The van der Waals surface area contributed by atoms with Gasteiger partial charge >= 0.3 is 0 Å². The van der Waals surface area contributed by atoms with Crippen LogP contribution in [-0.4, -0.2) is 29.3 Å². The first-order valence-corrected chi connectivity index (χ1v) is 8.44. The van der Waals surface area contributed by atoms with Crippen molar-refractivity contribution in [2.24, 2.45) is 0 Å². The Morgan fingerprint density at radius 1 is 1.00 bits per heavy atom. The highest BCUT2D eigenvalue weighted by atomic mass is 16.2. The molecule has 1 aliphatic carbocycles. The van der Waals surface area contributed by atoms with Crippen molar-refractivity contribution in [1.82, 2.24) is 10.2 Å². The molecule has 4 nitrogen and oxygen atoms in total. The fraction of sp³-hybridized carbons (Fsp3) is 0.300. The largest absolute Gasteiger partial charge is 0.353 e. The van der Waals surface area contributed by atoms with Crippen LogP contribution in [0.25, 0.3) is 0 Å². The quantitative estimate of drug-likeness (QED) is 0.940. The van der Waals surface area contributed by atoms with Gasteiger partial charge in [-0.15, -0.1) is 0 Å². The van der Waals surface area contributed by atoms with E-state index in [1.54, 1.807) is 4.90 Å². The monoisotopic (exact) mass is 320 g/mol. The molecule has 0 saturated carbocycles. The van der Waals surface area contributed by atoms with Gasteiger partial charge in [-0.25, -0.2) is 0 Å². The average molecular weight is 320 g/mol. The first-order chi connectivity index (χ1) is 11.7. The Morgan fingerprint density at radius 3 is 2.29 bits per heavy atom. The number of amides is 2. The van der Waals surface area contributed by atoms with Crippen molar-refractivity contribution in [3.63, 3.8) is 0 Å². The van der Waals surface area contributed by atoms with E-state index in [9.17, 15) is 9.59 Å². The van der Waals surface area contributed by atoms with Crippen molar-refractivity contribution >= 4 is 11.8 Å². The lowest BCUT2D eigenvalue weighted by molar-refractivity contribution is -0.121. The molecule has 0 fully saturated rings. The number of fused-ring (bicyclic) bond motifs is 2. The minimum absolute atomic E-state index is 0.0246. The van der Waals surface area contributed by atoms with Gasteiger partial charge in [-0.3, -0.25) is 9.59 Å². The van der Waals surface area contributed by atoms with Crippen LogP contribution in [0.15, 0.2) is 48.5 Å². The van der Waals surface area contributed by atoms with Gasteiger partial charge in [-0.1, -0.05) is 42.5 Å². The Kier molecular flexibility index (Phi) is 3.81. The van der Waals surface area contributed by atoms with E-state index >= 15 is 0 Å². The molecule has 1 heterocycles. The number of hydrogen-bond acceptors (Lipinski definition) is 2. The molecule has 0 saturated heterocycles. The molecule has 0 aromatic heterocycles. The summed E-state index contributed by atoms with van der Waals surface area (Å²) in [6.45, 7) is 1.08. The topological polar surface area (TPSA) is 49.4 Å². The molecular formula is C20H20N2O2. The zero-order valence-electron chi connectivity index (χ0n) is 13.5. The molecule has 0 spiro atoms. The fourth-order valence-corrected chi connectivity index (χ4v) is 3.69. The van der Waals surface area contributed by atoms with E-state index in [0.29, 0.717) is 19.5 Å². The summed E-state index contributed by atoms with van der Waals surface area (Å²) in [7, 11) is 0. The molecule has 4 heteroatoms. The Hall–Kier alpha value is -2.62. The van der Waals surface area contributed by atoms with Crippen LogP contribution < -0.4 is 5.32 Å². The van der Waals surface area contributed by atoms with Gasteiger partial charge in [0.2, 0.25) is 5.91 Å². The molecule has 0 atom stereocenters. The zero-order valence-corrected chi connectivity index (χ0v) is 13.5. The third-order valence-corrected chi connectivity index (χ3v) is 4.92. The lowest BCUT2D eigenvalue weighted by Crippen LogP contribution is -2.37. The molecule has 1 aliphatic heterocycles. The van der Waals surface area contributed by atoms with Gasteiger partial charge in [0.05, 0.1) is 0 Å². The molecule has 2 amide bonds. The number of nitrogens with one attached hydrogen (secondary N) is 1. The van der Waals surface area contributed by atoms with Gasteiger partial charge in [0, 0.05) is 31.1 Å². The summed E-state index contributed by atoms with van der Waals surface area (Å²) in [6, 6.07) is 16.2. The van der Waals surface area contributed by atoms with Crippen LogP contribution in [0.3, 0.4) is 0 Å². The van der Waals surface area contributed by atoms with Crippen molar-refractivity contribution in [2.75, 3.05) is 6.54 Å². The van der Waals surface area contributed by atoms with Crippen LogP contribution in [0.5, 0.6) is 0 Å². The third-order valence-electron chi connectivity index (χ3n) is 4.92. The van der Waals surface area contributed by atoms with Crippen LogP contribution in [0.4, 0.5) is 0 Å².